The molecule has 1 aliphatic carbocycles. The van der Waals surface area contributed by atoms with Gasteiger partial charge in [0.1, 0.15) is 29.7 Å². The number of methoxy groups -OCH3 is 3. The van der Waals surface area contributed by atoms with Crippen LogP contribution in [-0.2, 0) is 25.8 Å². The lowest BCUT2D eigenvalue weighted by Gasteiger charge is -2.15. The minimum atomic E-state index is -1.23. The first-order valence-electron chi connectivity index (χ1n) is 12.3. The molecule has 9 nitrogen and oxygen atoms in total. The largest absolute Gasteiger partial charge is 0.496 e. The SMILES string of the molecule is COC(=O)[C@@H]1C[C@H]1C(=O)Nc1ccc2c(-c3c(OC)cccc3OC)cn(COCC[Si](C)(C)C)c2n1. The summed E-state index contributed by atoms with van der Waals surface area (Å²) in [5.74, 6) is 0.391. The van der Waals surface area contributed by atoms with E-state index in [1.54, 1.807) is 20.3 Å². The Morgan fingerprint density at radius 3 is 2.38 bits per heavy atom. The fraction of sp³-hybridized carbons (Fsp3) is 0.444. The van der Waals surface area contributed by atoms with Gasteiger partial charge in [0.05, 0.1) is 38.7 Å². The Bertz CT molecular complexity index is 1280. The number of amides is 1. The van der Waals surface area contributed by atoms with E-state index in [0.29, 0.717) is 42.7 Å². The molecular weight excluding hydrogens is 490 g/mol. The predicted molar refractivity (Wildman–Crippen MR) is 145 cm³/mol. The molecule has 2 aromatic heterocycles. The first-order valence-corrected chi connectivity index (χ1v) is 16.0. The van der Waals surface area contributed by atoms with Crippen LogP contribution in [0.4, 0.5) is 5.82 Å². The zero-order valence-electron chi connectivity index (χ0n) is 22.3. The number of pyridine rings is 1. The Morgan fingerprint density at radius 1 is 1.05 bits per heavy atom. The topological polar surface area (TPSA) is 101 Å². The predicted octanol–water partition coefficient (Wildman–Crippen LogP) is 4.78. The number of fused-ring (bicyclic) bond motifs is 1. The van der Waals surface area contributed by atoms with E-state index in [1.807, 2.05) is 35.0 Å². The number of benzene rings is 1. The van der Waals surface area contributed by atoms with Crippen molar-refractivity contribution >= 4 is 36.8 Å². The molecule has 1 amide bonds. The molecule has 0 spiro atoms. The van der Waals surface area contributed by atoms with Gasteiger partial charge in [-0.05, 0) is 36.7 Å². The van der Waals surface area contributed by atoms with Crippen molar-refractivity contribution in [2.24, 2.45) is 11.8 Å². The second-order valence-corrected chi connectivity index (χ2v) is 16.0. The van der Waals surface area contributed by atoms with Gasteiger partial charge in [0, 0.05) is 31.8 Å². The molecule has 0 bridgehead atoms. The number of ether oxygens (including phenoxy) is 4. The lowest BCUT2D eigenvalue weighted by molar-refractivity contribution is -0.143. The van der Waals surface area contributed by atoms with Crippen molar-refractivity contribution in [3.05, 3.63) is 36.5 Å². The lowest BCUT2D eigenvalue weighted by Crippen LogP contribution is -2.22. The van der Waals surface area contributed by atoms with Crippen LogP contribution in [0.5, 0.6) is 11.5 Å². The van der Waals surface area contributed by atoms with E-state index in [0.717, 1.165) is 22.6 Å². The summed E-state index contributed by atoms with van der Waals surface area (Å²) < 4.78 is 24.0. The molecule has 1 N–H and O–H groups in total. The van der Waals surface area contributed by atoms with Crippen LogP contribution < -0.4 is 14.8 Å². The molecule has 2 atom stereocenters. The van der Waals surface area contributed by atoms with Gasteiger partial charge < -0.3 is 28.8 Å². The highest BCUT2D eigenvalue weighted by atomic mass is 28.3. The third-order valence-corrected chi connectivity index (χ3v) is 8.23. The van der Waals surface area contributed by atoms with Crippen LogP contribution in [0.2, 0.25) is 25.7 Å². The van der Waals surface area contributed by atoms with E-state index in [9.17, 15) is 9.59 Å². The maximum atomic E-state index is 12.7. The van der Waals surface area contributed by atoms with Crippen molar-refractivity contribution in [1.82, 2.24) is 9.55 Å². The summed E-state index contributed by atoms with van der Waals surface area (Å²) in [4.78, 5) is 29.2. The van der Waals surface area contributed by atoms with Gasteiger partial charge in [-0.15, -0.1) is 0 Å². The van der Waals surface area contributed by atoms with E-state index in [4.69, 9.17) is 23.9 Å². The summed E-state index contributed by atoms with van der Waals surface area (Å²) in [6.45, 7) is 7.92. The van der Waals surface area contributed by atoms with Gasteiger partial charge in [0.2, 0.25) is 5.91 Å². The summed E-state index contributed by atoms with van der Waals surface area (Å²) in [6, 6.07) is 10.4. The highest BCUT2D eigenvalue weighted by molar-refractivity contribution is 6.76. The second-order valence-electron chi connectivity index (χ2n) is 10.4. The van der Waals surface area contributed by atoms with Crippen molar-refractivity contribution in [2.75, 3.05) is 33.3 Å². The number of anilines is 1. The molecule has 0 aliphatic heterocycles. The first-order chi connectivity index (χ1) is 17.7. The van der Waals surface area contributed by atoms with Crippen molar-refractivity contribution in [2.45, 2.75) is 38.8 Å². The number of hydrogen-bond acceptors (Lipinski definition) is 7. The normalized spacial score (nSPS) is 16.9. The lowest BCUT2D eigenvalue weighted by atomic mass is 10.0. The van der Waals surface area contributed by atoms with Crippen molar-refractivity contribution in [3.63, 3.8) is 0 Å². The summed E-state index contributed by atoms with van der Waals surface area (Å²) in [5, 5.41) is 3.73. The minimum Gasteiger partial charge on any atom is -0.496 e. The van der Waals surface area contributed by atoms with Gasteiger partial charge >= 0.3 is 5.97 Å². The standard InChI is InChI=1S/C27H35N3O6Si/c1-33-21-8-7-9-22(34-2)24(21)20-15-30(16-36-12-13-37(4,5)6)25-17(20)10-11-23(28-25)29-26(31)18-14-19(18)27(32)35-3/h7-11,15,18-19H,12-14,16H2,1-6H3,(H,28,29,31)/t18-,19-/m1/s1. The van der Waals surface area contributed by atoms with Crippen LogP contribution in [0, 0.1) is 11.8 Å². The summed E-state index contributed by atoms with van der Waals surface area (Å²) >= 11 is 0. The number of carbonyl (C=O) groups is 2. The van der Waals surface area contributed by atoms with E-state index < -0.39 is 14.0 Å². The third kappa shape index (κ3) is 5.97. The molecule has 1 aromatic carbocycles. The Hall–Kier alpha value is -3.37. The van der Waals surface area contributed by atoms with E-state index in [2.05, 4.69) is 25.0 Å². The van der Waals surface area contributed by atoms with Gasteiger partial charge in [-0.25, -0.2) is 4.98 Å². The Kier molecular flexibility index (Phi) is 7.89. The number of esters is 1. The monoisotopic (exact) mass is 525 g/mol. The fourth-order valence-corrected chi connectivity index (χ4v) is 5.06. The molecule has 4 rings (SSSR count). The highest BCUT2D eigenvalue weighted by Gasteiger charge is 2.49. The molecule has 0 unspecified atom stereocenters. The number of hydrogen-bond donors (Lipinski definition) is 1. The number of nitrogens with one attached hydrogen (secondary N) is 1. The quantitative estimate of drug-likeness (QED) is 0.218. The average molecular weight is 526 g/mol. The van der Waals surface area contributed by atoms with Crippen LogP contribution >= 0.6 is 0 Å². The second kappa shape index (κ2) is 10.9. The van der Waals surface area contributed by atoms with Crippen molar-refractivity contribution in [3.8, 4) is 22.6 Å². The smallest absolute Gasteiger partial charge is 0.309 e. The van der Waals surface area contributed by atoms with Gasteiger partial charge in [0.25, 0.3) is 0 Å². The molecule has 1 aliphatic rings. The minimum absolute atomic E-state index is 0.238. The van der Waals surface area contributed by atoms with E-state index in [-0.39, 0.29) is 17.8 Å². The summed E-state index contributed by atoms with van der Waals surface area (Å²) in [6.07, 6.45) is 2.46. The Morgan fingerprint density at radius 2 is 1.76 bits per heavy atom. The molecule has 2 heterocycles. The van der Waals surface area contributed by atoms with Gasteiger partial charge in [-0.2, -0.15) is 0 Å². The van der Waals surface area contributed by atoms with Gasteiger partial charge in [-0.3, -0.25) is 9.59 Å². The zero-order chi connectivity index (χ0) is 26.7. The Balaban J connectivity index is 1.68. The molecule has 0 saturated heterocycles. The number of nitrogens with zero attached hydrogens (tertiary/aromatic N) is 2. The van der Waals surface area contributed by atoms with Gasteiger partial charge in [-0.1, -0.05) is 25.7 Å². The van der Waals surface area contributed by atoms with Crippen molar-refractivity contribution in [1.29, 1.82) is 0 Å². The van der Waals surface area contributed by atoms with Crippen LogP contribution in [0.3, 0.4) is 0 Å². The maximum absolute atomic E-state index is 12.7. The molecule has 1 fully saturated rings. The number of carbonyl (C=O) groups excluding carboxylic acids is 2. The van der Waals surface area contributed by atoms with Crippen molar-refractivity contribution < 1.29 is 28.5 Å². The Labute approximate surface area is 218 Å². The molecular formula is C27H35N3O6Si. The fourth-order valence-electron chi connectivity index (χ4n) is 4.30. The van der Waals surface area contributed by atoms with Crippen LogP contribution in [0.15, 0.2) is 36.5 Å². The number of rotatable bonds is 11. The van der Waals surface area contributed by atoms with E-state index in [1.165, 1.54) is 7.11 Å². The third-order valence-electron chi connectivity index (χ3n) is 6.53. The van der Waals surface area contributed by atoms with Gasteiger partial charge in [0.15, 0.2) is 0 Å². The highest BCUT2D eigenvalue weighted by Crippen LogP contribution is 2.43. The number of aromatic nitrogens is 2. The van der Waals surface area contributed by atoms with E-state index >= 15 is 0 Å². The van der Waals surface area contributed by atoms with Crippen LogP contribution in [0.1, 0.15) is 6.42 Å². The summed E-state index contributed by atoms with van der Waals surface area (Å²) in [5.41, 5.74) is 2.36. The van der Waals surface area contributed by atoms with Crippen LogP contribution in [0.25, 0.3) is 22.2 Å². The molecule has 0 radical (unpaired) electrons. The first kappa shape index (κ1) is 26.7. The molecule has 1 saturated carbocycles. The maximum Gasteiger partial charge on any atom is 0.309 e. The molecule has 10 heteroatoms. The molecule has 198 valence electrons. The van der Waals surface area contributed by atoms with Crippen LogP contribution in [-0.4, -0.2) is 57.4 Å². The zero-order valence-corrected chi connectivity index (χ0v) is 23.3. The average Bonchev–Trinajstić information content (AvgIpc) is 3.61. The molecule has 37 heavy (non-hydrogen) atoms. The summed E-state index contributed by atoms with van der Waals surface area (Å²) in [7, 11) is 3.35. The molecule has 3 aromatic rings.